The molecule has 1 aromatic carbocycles. The van der Waals surface area contributed by atoms with Crippen LogP contribution in [-0.2, 0) is 0 Å². The number of amides is 1. The Morgan fingerprint density at radius 2 is 2.29 bits per heavy atom. The summed E-state index contributed by atoms with van der Waals surface area (Å²) < 4.78 is 11.7. The smallest absolute Gasteiger partial charge is 0.254 e. The zero-order chi connectivity index (χ0) is 17.1. The molecule has 1 aliphatic rings. The average molecular weight is 410 g/mol. The Morgan fingerprint density at radius 1 is 1.46 bits per heavy atom. The summed E-state index contributed by atoms with van der Waals surface area (Å²) in [7, 11) is 1.59. The highest BCUT2D eigenvalue weighted by molar-refractivity contribution is 9.10. The van der Waals surface area contributed by atoms with Crippen molar-refractivity contribution in [1.82, 2.24) is 4.90 Å². The molecule has 1 saturated heterocycles. The number of halogens is 1. The van der Waals surface area contributed by atoms with Gasteiger partial charge in [0.05, 0.1) is 24.2 Å². The van der Waals surface area contributed by atoms with Crippen molar-refractivity contribution in [2.75, 3.05) is 20.3 Å². The molecule has 0 aliphatic carbocycles. The van der Waals surface area contributed by atoms with Gasteiger partial charge in [-0.25, -0.2) is 0 Å². The molecule has 6 heteroatoms. The Labute approximate surface area is 154 Å². The van der Waals surface area contributed by atoms with Crippen LogP contribution in [0.2, 0.25) is 0 Å². The maximum atomic E-state index is 13.1. The number of ether oxygens (including phenoxy) is 2. The van der Waals surface area contributed by atoms with Gasteiger partial charge in [-0.15, -0.1) is 11.3 Å². The molecule has 2 heterocycles. The third-order valence-electron chi connectivity index (χ3n) is 4.15. The molecule has 0 radical (unpaired) electrons. The molecule has 0 saturated carbocycles. The van der Waals surface area contributed by atoms with Gasteiger partial charge >= 0.3 is 0 Å². The van der Waals surface area contributed by atoms with Crippen molar-refractivity contribution in [1.29, 1.82) is 0 Å². The predicted octanol–water partition coefficient (Wildman–Crippen LogP) is 4.90. The summed E-state index contributed by atoms with van der Waals surface area (Å²) in [5.74, 6) is 1.24. The Hall–Kier alpha value is -1.53. The van der Waals surface area contributed by atoms with E-state index in [1.54, 1.807) is 24.5 Å². The zero-order valence-corrected chi connectivity index (χ0v) is 16.2. The largest absolute Gasteiger partial charge is 0.492 e. The van der Waals surface area contributed by atoms with Gasteiger partial charge in [-0.1, -0.05) is 6.07 Å². The summed E-state index contributed by atoms with van der Waals surface area (Å²) in [6, 6.07) is 7.91. The van der Waals surface area contributed by atoms with E-state index in [1.807, 2.05) is 24.0 Å². The number of thiophene rings is 1. The molecular weight excluding hydrogens is 390 g/mol. The summed E-state index contributed by atoms with van der Waals surface area (Å²) in [6.45, 7) is 3.21. The molecule has 0 N–H and O–H groups in total. The lowest BCUT2D eigenvalue weighted by molar-refractivity contribution is 0.0737. The number of nitrogens with zero attached hydrogens (tertiary/aromatic N) is 1. The fraction of sp³-hybridized carbons (Fsp3) is 0.389. The number of hydrogen-bond donors (Lipinski definition) is 0. The molecule has 1 aliphatic heterocycles. The maximum absolute atomic E-state index is 13.1. The first-order chi connectivity index (χ1) is 11.7. The Bertz CT molecular complexity index is 717. The lowest BCUT2D eigenvalue weighted by Gasteiger charge is -2.24. The van der Waals surface area contributed by atoms with Gasteiger partial charge < -0.3 is 14.4 Å². The molecule has 24 heavy (non-hydrogen) atoms. The highest BCUT2D eigenvalue weighted by Gasteiger charge is 2.32. The molecular formula is C18H20BrNO3S. The van der Waals surface area contributed by atoms with Crippen molar-refractivity contribution in [2.45, 2.75) is 25.8 Å². The van der Waals surface area contributed by atoms with Crippen LogP contribution in [0.15, 0.2) is 34.1 Å². The predicted molar refractivity (Wildman–Crippen MR) is 99.2 cm³/mol. The van der Waals surface area contributed by atoms with E-state index in [0.717, 1.165) is 23.9 Å². The summed E-state index contributed by atoms with van der Waals surface area (Å²) in [5.41, 5.74) is 0.620. The van der Waals surface area contributed by atoms with Crippen molar-refractivity contribution in [2.24, 2.45) is 0 Å². The van der Waals surface area contributed by atoms with E-state index in [1.165, 1.54) is 4.88 Å². The molecule has 128 valence electrons. The molecule has 3 rings (SSSR count). The van der Waals surface area contributed by atoms with Gasteiger partial charge in [0.25, 0.3) is 5.91 Å². The van der Waals surface area contributed by atoms with Crippen LogP contribution in [0, 0.1) is 0 Å². The highest BCUT2D eigenvalue weighted by Crippen LogP contribution is 2.39. The van der Waals surface area contributed by atoms with Gasteiger partial charge in [0.2, 0.25) is 0 Å². The van der Waals surface area contributed by atoms with Crippen molar-refractivity contribution >= 4 is 33.2 Å². The molecule has 4 nitrogen and oxygen atoms in total. The van der Waals surface area contributed by atoms with Gasteiger partial charge in [0.15, 0.2) is 11.5 Å². The van der Waals surface area contributed by atoms with Crippen molar-refractivity contribution in [3.8, 4) is 11.5 Å². The number of hydrogen-bond acceptors (Lipinski definition) is 4. The van der Waals surface area contributed by atoms with Gasteiger partial charge in [-0.2, -0.15) is 0 Å². The maximum Gasteiger partial charge on any atom is 0.254 e. The van der Waals surface area contributed by atoms with E-state index in [0.29, 0.717) is 23.7 Å². The van der Waals surface area contributed by atoms with Crippen LogP contribution in [0.4, 0.5) is 0 Å². The van der Waals surface area contributed by atoms with E-state index in [4.69, 9.17) is 9.47 Å². The molecule has 1 amide bonds. The lowest BCUT2D eigenvalue weighted by atomic mass is 10.1. The topological polar surface area (TPSA) is 38.8 Å². The number of rotatable bonds is 5. The third kappa shape index (κ3) is 3.30. The molecule has 2 aromatic rings. The molecule has 1 fully saturated rings. The molecule has 0 unspecified atom stereocenters. The highest BCUT2D eigenvalue weighted by atomic mass is 79.9. The van der Waals surface area contributed by atoms with Crippen LogP contribution in [0.25, 0.3) is 0 Å². The minimum absolute atomic E-state index is 0.0372. The molecule has 1 atom stereocenters. The fourth-order valence-corrected chi connectivity index (χ4v) is 4.58. The van der Waals surface area contributed by atoms with Crippen LogP contribution in [0.3, 0.4) is 0 Å². The van der Waals surface area contributed by atoms with Crippen LogP contribution < -0.4 is 9.47 Å². The Balaban J connectivity index is 1.92. The molecule has 0 spiro atoms. The van der Waals surface area contributed by atoms with E-state index in [-0.39, 0.29) is 11.9 Å². The minimum Gasteiger partial charge on any atom is -0.492 e. The normalized spacial score (nSPS) is 17.1. The summed E-state index contributed by atoms with van der Waals surface area (Å²) in [5, 5.41) is 2.06. The summed E-state index contributed by atoms with van der Waals surface area (Å²) in [6.07, 6.45) is 2.05. The summed E-state index contributed by atoms with van der Waals surface area (Å²) >= 11 is 5.19. The third-order valence-corrected chi connectivity index (χ3v) is 5.71. The van der Waals surface area contributed by atoms with Gasteiger partial charge in [-0.05, 0) is 59.3 Å². The van der Waals surface area contributed by atoms with E-state index in [9.17, 15) is 4.79 Å². The van der Waals surface area contributed by atoms with E-state index in [2.05, 4.69) is 27.4 Å². The van der Waals surface area contributed by atoms with Crippen molar-refractivity contribution in [3.05, 3.63) is 44.6 Å². The molecule has 1 aromatic heterocycles. The monoisotopic (exact) mass is 409 g/mol. The quantitative estimate of drug-likeness (QED) is 0.704. The van der Waals surface area contributed by atoms with Crippen LogP contribution in [0.5, 0.6) is 11.5 Å². The number of carbonyl (C=O) groups excluding carboxylic acids is 1. The number of benzene rings is 1. The second-order valence-corrected chi connectivity index (χ2v) is 7.43. The standard InChI is InChI=1S/C18H20BrNO3S/c1-3-23-15-11-12(10-13(19)17(15)22-2)18(21)20-8-4-6-14(20)16-7-5-9-24-16/h5,7,9-11,14H,3-4,6,8H2,1-2H3/t14-/m1/s1. The van der Waals surface area contributed by atoms with Crippen LogP contribution in [-0.4, -0.2) is 31.1 Å². The number of methoxy groups -OCH3 is 1. The fourth-order valence-electron chi connectivity index (χ4n) is 3.10. The average Bonchev–Trinajstić information content (AvgIpc) is 3.25. The van der Waals surface area contributed by atoms with Gasteiger partial charge in [-0.3, -0.25) is 4.79 Å². The van der Waals surface area contributed by atoms with Gasteiger partial charge in [0, 0.05) is 17.0 Å². The first-order valence-corrected chi connectivity index (χ1v) is 9.67. The van der Waals surface area contributed by atoms with Crippen molar-refractivity contribution < 1.29 is 14.3 Å². The van der Waals surface area contributed by atoms with Crippen LogP contribution in [0.1, 0.15) is 41.0 Å². The lowest BCUT2D eigenvalue weighted by Crippen LogP contribution is -2.30. The van der Waals surface area contributed by atoms with Crippen molar-refractivity contribution in [3.63, 3.8) is 0 Å². The Morgan fingerprint density at radius 3 is 2.96 bits per heavy atom. The first-order valence-electron chi connectivity index (χ1n) is 8.00. The SMILES string of the molecule is CCOc1cc(C(=O)N2CCC[C@@H]2c2cccs2)cc(Br)c1OC. The second kappa shape index (κ2) is 7.57. The van der Waals surface area contributed by atoms with Gasteiger partial charge in [0.1, 0.15) is 0 Å². The number of carbonyl (C=O) groups is 1. The Kier molecular flexibility index (Phi) is 5.46. The minimum atomic E-state index is 0.0372. The number of likely N-dealkylation sites (tertiary alicyclic amines) is 1. The van der Waals surface area contributed by atoms with E-state index >= 15 is 0 Å². The van der Waals surface area contributed by atoms with E-state index < -0.39 is 0 Å². The molecule has 0 bridgehead atoms. The van der Waals surface area contributed by atoms with Crippen LogP contribution >= 0.6 is 27.3 Å². The first kappa shape index (κ1) is 17.3. The second-order valence-electron chi connectivity index (χ2n) is 5.59. The zero-order valence-electron chi connectivity index (χ0n) is 13.8. The summed E-state index contributed by atoms with van der Waals surface area (Å²) in [4.78, 5) is 16.3.